The number of benzene rings is 2. The van der Waals surface area contributed by atoms with Gasteiger partial charge in [0.2, 0.25) is 0 Å². The monoisotopic (exact) mass is 530 g/mol. The third kappa shape index (κ3) is 9.03. The number of thioether (sulfide) groups is 1. The number of hydrogen-bond acceptors (Lipinski definition) is 3. The van der Waals surface area contributed by atoms with Crippen LogP contribution in [0.3, 0.4) is 0 Å². The van der Waals surface area contributed by atoms with Crippen LogP contribution in [0.4, 0.5) is 4.39 Å². The molecule has 0 radical (unpaired) electrons. The van der Waals surface area contributed by atoms with Crippen molar-refractivity contribution in [2.75, 3.05) is 32.4 Å². The van der Waals surface area contributed by atoms with Gasteiger partial charge in [-0.15, -0.1) is 35.7 Å². The Balaban J connectivity index is 0.00000420. The zero-order chi connectivity index (χ0) is 20.2. The first-order chi connectivity index (χ1) is 13.6. The Morgan fingerprint density at radius 1 is 1.14 bits per heavy atom. The molecule has 0 aliphatic carbocycles. The Bertz CT molecular complexity index is 804. The van der Waals surface area contributed by atoms with E-state index >= 15 is 0 Å². The first kappa shape index (κ1) is 25.2. The molecule has 2 aromatic carbocycles. The fraction of sp³-hybridized carbons (Fsp3) is 0.333. The van der Waals surface area contributed by atoms with Crippen LogP contribution in [0.5, 0.6) is 0 Å². The summed E-state index contributed by atoms with van der Waals surface area (Å²) >= 11 is 1.48. The van der Waals surface area contributed by atoms with Crippen molar-refractivity contribution in [1.82, 2.24) is 16.0 Å². The number of carbonyl (C=O) groups excluding carboxylic acids is 1. The Morgan fingerprint density at radius 3 is 2.66 bits per heavy atom. The molecule has 0 saturated carbocycles. The van der Waals surface area contributed by atoms with Crippen LogP contribution < -0.4 is 16.0 Å². The number of halogens is 2. The van der Waals surface area contributed by atoms with Crippen molar-refractivity contribution in [2.45, 2.75) is 18.2 Å². The van der Waals surface area contributed by atoms with Crippen molar-refractivity contribution in [3.05, 3.63) is 65.5 Å². The maximum absolute atomic E-state index is 13.6. The summed E-state index contributed by atoms with van der Waals surface area (Å²) in [6.45, 7) is 4.06. The van der Waals surface area contributed by atoms with Crippen LogP contribution in [0.2, 0.25) is 0 Å². The van der Waals surface area contributed by atoms with E-state index in [1.807, 2.05) is 31.2 Å². The van der Waals surface area contributed by atoms with E-state index in [2.05, 4.69) is 20.9 Å². The largest absolute Gasteiger partial charge is 0.357 e. The van der Waals surface area contributed by atoms with Crippen LogP contribution in [0.25, 0.3) is 0 Å². The van der Waals surface area contributed by atoms with E-state index in [9.17, 15) is 9.18 Å². The zero-order valence-electron chi connectivity index (χ0n) is 16.7. The Morgan fingerprint density at radius 2 is 1.93 bits per heavy atom. The fourth-order valence-electron chi connectivity index (χ4n) is 2.54. The van der Waals surface area contributed by atoms with E-state index < -0.39 is 0 Å². The van der Waals surface area contributed by atoms with E-state index in [0.717, 1.165) is 30.2 Å². The second-order valence-corrected chi connectivity index (χ2v) is 7.13. The predicted molar refractivity (Wildman–Crippen MR) is 130 cm³/mol. The summed E-state index contributed by atoms with van der Waals surface area (Å²) in [6, 6.07) is 14.3. The van der Waals surface area contributed by atoms with Crippen LogP contribution in [0.1, 0.15) is 22.8 Å². The maximum Gasteiger partial charge on any atom is 0.251 e. The molecule has 0 aliphatic rings. The first-order valence-electron chi connectivity index (χ1n) is 9.34. The lowest BCUT2D eigenvalue weighted by Crippen LogP contribution is -2.38. The van der Waals surface area contributed by atoms with Gasteiger partial charge in [0.15, 0.2) is 5.96 Å². The Kier molecular flexibility index (Phi) is 12.4. The standard InChI is InChI=1S/C21H27FN4OS.HI/c1-3-24-21(26-13-14-28-19-10-5-4-9-18(19)22)25-12-11-16-7-6-8-17(15-16)20(27)23-2;/h4-10,15H,3,11-14H2,1-2H3,(H,23,27)(H2,24,25,26);1H. The minimum Gasteiger partial charge on any atom is -0.357 e. The van der Waals surface area contributed by atoms with Crippen molar-refractivity contribution in [3.63, 3.8) is 0 Å². The topological polar surface area (TPSA) is 65.5 Å². The number of rotatable bonds is 9. The summed E-state index contributed by atoms with van der Waals surface area (Å²) in [7, 11) is 1.62. The summed E-state index contributed by atoms with van der Waals surface area (Å²) in [4.78, 5) is 16.9. The van der Waals surface area contributed by atoms with E-state index in [4.69, 9.17) is 0 Å². The van der Waals surface area contributed by atoms with Gasteiger partial charge >= 0.3 is 0 Å². The third-order valence-corrected chi connectivity index (χ3v) is 4.97. The molecule has 0 spiro atoms. The quantitative estimate of drug-likeness (QED) is 0.152. The summed E-state index contributed by atoms with van der Waals surface area (Å²) < 4.78 is 13.6. The third-order valence-electron chi connectivity index (χ3n) is 3.92. The summed E-state index contributed by atoms with van der Waals surface area (Å²) in [6.07, 6.45) is 0.741. The molecule has 2 rings (SSSR count). The van der Waals surface area contributed by atoms with Gasteiger partial charge in [-0.1, -0.05) is 24.3 Å². The number of guanidine groups is 1. The highest BCUT2D eigenvalue weighted by Crippen LogP contribution is 2.20. The van der Waals surface area contributed by atoms with Gasteiger partial charge in [-0.3, -0.25) is 9.79 Å². The molecule has 0 unspecified atom stereocenters. The van der Waals surface area contributed by atoms with Crippen molar-refractivity contribution in [1.29, 1.82) is 0 Å². The molecular weight excluding hydrogens is 502 g/mol. The molecule has 0 atom stereocenters. The number of carbonyl (C=O) groups is 1. The van der Waals surface area contributed by atoms with Crippen LogP contribution in [0.15, 0.2) is 58.4 Å². The lowest BCUT2D eigenvalue weighted by atomic mass is 10.1. The van der Waals surface area contributed by atoms with Gasteiger partial charge in [-0.25, -0.2) is 4.39 Å². The average Bonchev–Trinajstić information content (AvgIpc) is 2.72. The molecule has 0 bridgehead atoms. The van der Waals surface area contributed by atoms with Crippen molar-refractivity contribution in [2.24, 2.45) is 4.99 Å². The van der Waals surface area contributed by atoms with Crippen LogP contribution in [-0.2, 0) is 6.42 Å². The van der Waals surface area contributed by atoms with Gasteiger partial charge in [0.25, 0.3) is 5.91 Å². The Labute approximate surface area is 193 Å². The molecule has 0 heterocycles. The summed E-state index contributed by atoms with van der Waals surface area (Å²) in [5.74, 6) is 1.19. The van der Waals surface area contributed by atoms with Crippen molar-refractivity contribution < 1.29 is 9.18 Å². The number of amides is 1. The van der Waals surface area contributed by atoms with Crippen LogP contribution in [-0.4, -0.2) is 44.3 Å². The van der Waals surface area contributed by atoms with E-state index in [-0.39, 0.29) is 35.7 Å². The normalized spacial score (nSPS) is 10.8. The molecule has 0 saturated heterocycles. The molecule has 158 valence electrons. The molecule has 0 aliphatic heterocycles. The molecule has 8 heteroatoms. The van der Waals surface area contributed by atoms with Crippen LogP contribution in [0, 0.1) is 5.82 Å². The molecule has 2 aromatic rings. The molecular formula is C21H28FIN4OS. The predicted octanol–water partition coefficient (Wildman–Crippen LogP) is 3.69. The highest BCUT2D eigenvalue weighted by molar-refractivity contribution is 14.0. The zero-order valence-corrected chi connectivity index (χ0v) is 19.9. The smallest absolute Gasteiger partial charge is 0.251 e. The SMILES string of the molecule is CCNC(=NCCc1cccc(C(=O)NC)c1)NCCSc1ccccc1F.I. The summed E-state index contributed by atoms with van der Waals surface area (Å²) in [5.41, 5.74) is 1.72. The molecule has 29 heavy (non-hydrogen) atoms. The molecule has 5 nitrogen and oxygen atoms in total. The fourth-order valence-corrected chi connectivity index (χ4v) is 3.35. The number of nitrogens with one attached hydrogen (secondary N) is 3. The van der Waals surface area contributed by atoms with Gasteiger partial charge in [-0.05, 0) is 43.2 Å². The minimum atomic E-state index is -0.188. The number of hydrogen-bond donors (Lipinski definition) is 3. The van der Waals surface area contributed by atoms with Crippen molar-refractivity contribution >= 4 is 47.6 Å². The van der Waals surface area contributed by atoms with Gasteiger partial charge < -0.3 is 16.0 Å². The lowest BCUT2D eigenvalue weighted by molar-refractivity contribution is 0.0963. The van der Waals surface area contributed by atoms with E-state index in [0.29, 0.717) is 23.5 Å². The molecule has 0 aromatic heterocycles. The van der Waals surface area contributed by atoms with Gasteiger partial charge in [-0.2, -0.15) is 0 Å². The highest BCUT2D eigenvalue weighted by Gasteiger charge is 2.04. The maximum atomic E-state index is 13.6. The average molecular weight is 530 g/mol. The van der Waals surface area contributed by atoms with Gasteiger partial charge in [0.1, 0.15) is 5.82 Å². The van der Waals surface area contributed by atoms with Gasteiger partial charge in [0, 0.05) is 42.9 Å². The second kappa shape index (κ2) is 14.2. The Hall–Kier alpha value is -1.81. The lowest BCUT2D eigenvalue weighted by Gasteiger charge is -2.11. The minimum absolute atomic E-state index is 0. The highest BCUT2D eigenvalue weighted by atomic mass is 127. The van der Waals surface area contributed by atoms with Crippen molar-refractivity contribution in [3.8, 4) is 0 Å². The molecule has 0 fully saturated rings. The van der Waals surface area contributed by atoms with Gasteiger partial charge in [0.05, 0.1) is 0 Å². The molecule has 1 amide bonds. The van der Waals surface area contributed by atoms with E-state index in [1.54, 1.807) is 25.2 Å². The summed E-state index contributed by atoms with van der Waals surface area (Å²) in [5, 5.41) is 9.11. The van der Waals surface area contributed by atoms with E-state index in [1.165, 1.54) is 17.8 Å². The number of nitrogens with zero attached hydrogens (tertiary/aromatic N) is 1. The number of aliphatic imine (C=N–C) groups is 1. The molecule has 3 N–H and O–H groups in total. The second-order valence-electron chi connectivity index (χ2n) is 6.00. The van der Waals surface area contributed by atoms with Crippen LogP contribution >= 0.6 is 35.7 Å². The first-order valence-corrected chi connectivity index (χ1v) is 10.3.